The smallest absolute Gasteiger partial charge is 0.409 e. The fraction of sp³-hybridized carbons (Fsp3) is 0.667. The number of aliphatic hydroxyl groups is 1. The highest BCUT2D eigenvalue weighted by Crippen LogP contribution is 2.50. The van der Waals surface area contributed by atoms with Gasteiger partial charge in [-0.2, -0.15) is 0 Å². The number of esters is 1. The second-order valence-electron chi connectivity index (χ2n) is 18.1. The van der Waals surface area contributed by atoms with E-state index in [0.29, 0.717) is 48.4 Å². The first kappa shape index (κ1) is 46.9. The Kier molecular flexibility index (Phi) is 14.9. The van der Waals surface area contributed by atoms with Gasteiger partial charge in [0, 0.05) is 45.9 Å². The molecule has 4 fully saturated rings. The minimum atomic E-state index is -1.61. The lowest BCUT2D eigenvalue weighted by atomic mass is 9.72. The van der Waals surface area contributed by atoms with Gasteiger partial charge in [0.25, 0.3) is 0 Å². The van der Waals surface area contributed by atoms with Crippen molar-refractivity contribution in [2.24, 2.45) is 11.8 Å². The third-order valence-electron chi connectivity index (χ3n) is 12.8. The molecule has 1 aromatic carbocycles. The van der Waals surface area contributed by atoms with Crippen LogP contribution in [-0.4, -0.2) is 113 Å². The van der Waals surface area contributed by atoms with E-state index in [9.17, 15) is 29.1 Å². The van der Waals surface area contributed by atoms with Crippen molar-refractivity contribution in [2.45, 2.75) is 146 Å². The number of nitrogens with one attached hydrogen (secondary N) is 1. The molecular formula is C45H62ClN3O11S. The molecule has 61 heavy (non-hydrogen) atoms. The Balaban J connectivity index is 1.12. The quantitative estimate of drug-likeness (QED) is 0.138. The molecule has 0 radical (unpaired) electrons. The van der Waals surface area contributed by atoms with E-state index in [1.807, 2.05) is 31.2 Å². The largest absolute Gasteiger partial charge is 0.495 e. The second-order valence-corrected chi connectivity index (χ2v) is 19.8. The first-order valence-corrected chi connectivity index (χ1v) is 22.9. The third-order valence-corrected chi connectivity index (χ3v) is 14.5. The molecule has 4 amide bonds. The minimum Gasteiger partial charge on any atom is -0.495 e. The zero-order chi connectivity index (χ0) is 44.3. The van der Waals surface area contributed by atoms with Crippen LogP contribution in [-0.2, 0) is 44.5 Å². The number of amides is 4. The van der Waals surface area contributed by atoms with Crippen molar-refractivity contribution in [3.8, 4) is 5.75 Å². The van der Waals surface area contributed by atoms with Crippen LogP contribution >= 0.6 is 23.4 Å². The Morgan fingerprint density at radius 1 is 1.10 bits per heavy atom. The van der Waals surface area contributed by atoms with Crippen LogP contribution < -0.4 is 15.0 Å². The zero-order valence-electron chi connectivity index (χ0n) is 36.5. The van der Waals surface area contributed by atoms with Gasteiger partial charge in [0.15, 0.2) is 6.10 Å². The molecule has 14 nitrogen and oxygen atoms in total. The maximum absolute atomic E-state index is 14.2. The number of anilines is 1. The molecule has 0 aromatic heterocycles. The number of hydrogen-bond acceptors (Lipinski definition) is 12. The molecular weight excluding hydrogens is 826 g/mol. The summed E-state index contributed by atoms with van der Waals surface area (Å²) in [6.45, 7) is 9.98. The van der Waals surface area contributed by atoms with E-state index < -0.39 is 58.5 Å². The van der Waals surface area contributed by atoms with Gasteiger partial charge in [0.2, 0.25) is 17.7 Å². The number of likely N-dealkylation sites (tertiary alicyclic amines) is 1. The van der Waals surface area contributed by atoms with Crippen molar-refractivity contribution >= 4 is 58.8 Å². The highest BCUT2D eigenvalue weighted by Gasteiger charge is 2.62. The number of methoxy groups -OCH3 is 1. The SMILES string of the molecule is COc1cc2cc(c1Cl)N(C)C(=O)C[C@H](OC(=O)[C@@H](C)OCCCSC1CC(=O)N(C[C@H]3CC[C@H](C)CC3)C1=O)[C@@]1(C)C[C@](C)(O1)[C@@H]1C[C@](O)(C/C=C/C=C(\C)C2)NC(=O)O1. The molecule has 3 saturated heterocycles. The molecule has 336 valence electrons. The first-order valence-electron chi connectivity index (χ1n) is 21.5. The summed E-state index contributed by atoms with van der Waals surface area (Å²) in [5.74, 6) is 0.688. The van der Waals surface area contributed by atoms with Crippen LogP contribution in [0.25, 0.3) is 0 Å². The van der Waals surface area contributed by atoms with Crippen LogP contribution in [0.15, 0.2) is 35.9 Å². The fourth-order valence-electron chi connectivity index (χ4n) is 9.22. The maximum Gasteiger partial charge on any atom is 0.409 e. The molecule has 2 N–H and O–H groups in total. The van der Waals surface area contributed by atoms with Crippen LogP contribution in [0, 0.1) is 11.8 Å². The Hall–Kier alpha value is -3.63. The molecule has 5 heterocycles. The first-order chi connectivity index (χ1) is 28.8. The maximum atomic E-state index is 14.2. The van der Waals surface area contributed by atoms with Crippen LogP contribution in [0.3, 0.4) is 0 Å². The number of benzene rings is 1. The summed E-state index contributed by atoms with van der Waals surface area (Å²) in [5.41, 5.74) is -1.66. The molecule has 5 aliphatic heterocycles. The van der Waals surface area contributed by atoms with E-state index >= 15 is 0 Å². The average molecular weight is 889 g/mol. The molecule has 1 aromatic rings. The Labute approximate surface area is 368 Å². The summed E-state index contributed by atoms with van der Waals surface area (Å²) >= 11 is 8.22. The highest BCUT2D eigenvalue weighted by atomic mass is 35.5. The molecule has 1 saturated carbocycles. The number of allylic oxidation sites excluding steroid dienone is 3. The third kappa shape index (κ3) is 11.1. The molecule has 6 bridgehead atoms. The van der Waals surface area contributed by atoms with Gasteiger partial charge in [0.05, 0.1) is 24.5 Å². The number of fused-ring (bicyclic) bond motifs is 6. The normalized spacial score (nSPS) is 34.1. The number of rotatable bonds is 11. The number of carbonyl (C=O) groups is 5. The number of imide groups is 1. The zero-order valence-corrected chi connectivity index (χ0v) is 38.0. The second kappa shape index (κ2) is 19.4. The van der Waals surface area contributed by atoms with Gasteiger partial charge in [-0.1, -0.05) is 55.2 Å². The van der Waals surface area contributed by atoms with E-state index in [-0.39, 0.29) is 55.5 Å². The van der Waals surface area contributed by atoms with Crippen molar-refractivity contribution in [1.29, 1.82) is 0 Å². The van der Waals surface area contributed by atoms with E-state index in [2.05, 4.69) is 12.2 Å². The Morgan fingerprint density at radius 3 is 2.52 bits per heavy atom. The summed E-state index contributed by atoms with van der Waals surface area (Å²) in [7, 11) is 3.09. The van der Waals surface area contributed by atoms with Gasteiger partial charge in [-0.25, -0.2) is 9.59 Å². The van der Waals surface area contributed by atoms with Crippen LogP contribution in [0.2, 0.25) is 5.02 Å². The summed E-state index contributed by atoms with van der Waals surface area (Å²) in [5, 5.41) is 13.8. The van der Waals surface area contributed by atoms with Crippen molar-refractivity contribution in [3.05, 3.63) is 46.5 Å². The average Bonchev–Trinajstić information content (AvgIpc) is 3.46. The number of thioether (sulfide) groups is 1. The van der Waals surface area contributed by atoms with Gasteiger partial charge in [0.1, 0.15) is 39.9 Å². The van der Waals surface area contributed by atoms with E-state index in [0.717, 1.165) is 36.8 Å². The van der Waals surface area contributed by atoms with Crippen molar-refractivity contribution in [2.75, 3.05) is 38.0 Å². The van der Waals surface area contributed by atoms with E-state index in [1.165, 1.54) is 28.7 Å². The summed E-state index contributed by atoms with van der Waals surface area (Å²) in [6.07, 6.45) is 7.41. The topological polar surface area (TPSA) is 170 Å². The molecule has 0 spiro atoms. The van der Waals surface area contributed by atoms with E-state index in [1.54, 1.807) is 33.9 Å². The number of carbonyl (C=O) groups excluding carboxylic acids is 5. The summed E-state index contributed by atoms with van der Waals surface area (Å²) < 4.78 is 29.8. The lowest BCUT2D eigenvalue weighted by Gasteiger charge is -2.59. The number of halogens is 1. The van der Waals surface area contributed by atoms with Crippen molar-refractivity contribution in [1.82, 2.24) is 10.2 Å². The summed E-state index contributed by atoms with van der Waals surface area (Å²) in [6, 6.07) is 3.63. The van der Waals surface area contributed by atoms with Gasteiger partial charge in [-0.15, -0.1) is 11.8 Å². The van der Waals surface area contributed by atoms with Gasteiger partial charge < -0.3 is 33.7 Å². The van der Waals surface area contributed by atoms with Gasteiger partial charge in [-0.05, 0) is 88.7 Å². The molecule has 6 aliphatic rings. The Bertz CT molecular complexity index is 1890. The van der Waals surface area contributed by atoms with Crippen molar-refractivity contribution in [3.63, 3.8) is 0 Å². The number of nitrogens with zero attached hydrogens (tertiary/aromatic N) is 2. The van der Waals surface area contributed by atoms with E-state index in [4.69, 9.17) is 35.3 Å². The predicted octanol–water partition coefficient (Wildman–Crippen LogP) is 6.67. The lowest BCUT2D eigenvalue weighted by molar-refractivity contribution is -0.327. The molecule has 7 atom stereocenters. The Morgan fingerprint density at radius 2 is 1.82 bits per heavy atom. The van der Waals surface area contributed by atoms with Crippen molar-refractivity contribution < 1.29 is 52.8 Å². The van der Waals surface area contributed by atoms with Gasteiger partial charge in [-0.3, -0.25) is 24.6 Å². The van der Waals surface area contributed by atoms with Crippen LogP contribution in [0.1, 0.15) is 104 Å². The highest BCUT2D eigenvalue weighted by molar-refractivity contribution is 8.00. The minimum absolute atomic E-state index is 0.0289. The van der Waals surface area contributed by atoms with Crippen LogP contribution in [0.5, 0.6) is 5.75 Å². The molecule has 16 heteroatoms. The van der Waals surface area contributed by atoms with Crippen LogP contribution in [0.4, 0.5) is 10.5 Å². The number of alkyl carbamates (subject to hydrolysis) is 1. The molecule has 1 aliphatic carbocycles. The molecule has 7 rings (SSSR count). The number of ether oxygens (including phenoxy) is 5. The fourth-order valence-corrected chi connectivity index (χ4v) is 10.6. The lowest BCUT2D eigenvalue weighted by Crippen LogP contribution is -2.71. The monoisotopic (exact) mass is 887 g/mol. The predicted molar refractivity (Wildman–Crippen MR) is 231 cm³/mol. The number of hydrogen-bond donors (Lipinski definition) is 2. The standard InChI is InChI=1S/C45H62ClN3O11S/c1-27-12-14-30(15-13-27)25-49-38(51)22-34(40(49)52)61-18-10-17-57-29(3)41(53)58-35-23-37(50)48(6)32-20-31(21-33(56-7)39(32)46)19-28(2)11-8-9-16-45(55)24-36(59-42(54)47-45)44(5)26-43(35,4)60-44/h8-9,11,20-21,27,29-30,34-36,55H,10,12-19,22-26H2,1-7H3,(H,47,54)/b9-8+,28-11+/t27-,29-,30-,34?,35+,36+,43-,44+,45-/m1/s1. The van der Waals surface area contributed by atoms with Gasteiger partial charge >= 0.3 is 12.1 Å². The summed E-state index contributed by atoms with van der Waals surface area (Å²) in [4.78, 5) is 69.4. The molecule has 1 unspecified atom stereocenters.